The summed E-state index contributed by atoms with van der Waals surface area (Å²) in [6.07, 6.45) is 2.30. The molecule has 0 bridgehead atoms. The first-order valence-corrected chi connectivity index (χ1v) is 10.7. The summed E-state index contributed by atoms with van der Waals surface area (Å²) in [7, 11) is 3.45. The monoisotopic (exact) mass is 408 g/mol. The van der Waals surface area contributed by atoms with E-state index in [4.69, 9.17) is 9.72 Å². The number of carbonyl (C=O) groups excluding carboxylic acids is 1. The van der Waals surface area contributed by atoms with Crippen LogP contribution in [0.25, 0.3) is 5.69 Å². The first kappa shape index (κ1) is 19.5. The molecule has 0 saturated heterocycles. The van der Waals surface area contributed by atoms with Crippen LogP contribution in [0.2, 0.25) is 0 Å². The van der Waals surface area contributed by atoms with E-state index in [0.29, 0.717) is 23.4 Å². The minimum atomic E-state index is 0.0324. The molecule has 1 fully saturated rings. The van der Waals surface area contributed by atoms with Crippen molar-refractivity contribution < 1.29 is 9.53 Å². The second-order valence-corrected chi connectivity index (χ2v) is 8.07. The van der Waals surface area contributed by atoms with Gasteiger partial charge in [0.25, 0.3) is 0 Å². The molecule has 6 nitrogen and oxygen atoms in total. The Balaban J connectivity index is 1.41. The molecule has 1 amide bonds. The molecule has 29 heavy (non-hydrogen) atoms. The summed E-state index contributed by atoms with van der Waals surface area (Å²) >= 11 is 1.39. The van der Waals surface area contributed by atoms with E-state index in [1.165, 1.54) is 11.8 Å². The van der Waals surface area contributed by atoms with Crippen LogP contribution in [0.1, 0.15) is 30.1 Å². The SMILES string of the molecule is COc1ccccc1CN(C)C(=O)CSc1nc(C2CC2)n(-c2ccccc2)n1. The van der Waals surface area contributed by atoms with Gasteiger partial charge in [0.2, 0.25) is 11.1 Å². The van der Waals surface area contributed by atoms with Gasteiger partial charge in [0.05, 0.1) is 18.6 Å². The third-order valence-corrected chi connectivity index (χ3v) is 5.73. The van der Waals surface area contributed by atoms with Crippen LogP contribution >= 0.6 is 11.8 Å². The number of aromatic nitrogens is 3. The highest BCUT2D eigenvalue weighted by Crippen LogP contribution is 2.40. The van der Waals surface area contributed by atoms with Gasteiger partial charge >= 0.3 is 0 Å². The van der Waals surface area contributed by atoms with Gasteiger partial charge in [0.15, 0.2) is 0 Å². The lowest BCUT2D eigenvalue weighted by molar-refractivity contribution is -0.127. The standard InChI is InChI=1S/C22H24N4O2S/c1-25(14-17-8-6-7-11-19(17)28-2)20(27)15-29-22-23-21(16-12-13-16)26(24-22)18-9-4-3-5-10-18/h3-11,16H,12-15H2,1-2H3. The fraction of sp³-hybridized carbons (Fsp3) is 0.318. The van der Waals surface area contributed by atoms with Crippen LogP contribution in [0.4, 0.5) is 0 Å². The molecule has 0 spiro atoms. The van der Waals surface area contributed by atoms with Crippen molar-refractivity contribution in [2.75, 3.05) is 19.9 Å². The van der Waals surface area contributed by atoms with Gasteiger partial charge in [-0.25, -0.2) is 9.67 Å². The van der Waals surface area contributed by atoms with E-state index in [-0.39, 0.29) is 5.91 Å². The number of thioether (sulfide) groups is 1. The molecule has 0 aliphatic heterocycles. The van der Waals surface area contributed by atoms with Crippen molar-refractivity contribution in [1.29, 1.82) is 0 Å². The molecule has 150 valence electrons. The maximum atomic E-state index is 12.6. The lowest BCUT2D eigenvalue weighted by atomic mass is 10.2. The number of benzene rings is 2. The van der Waals surface area contributed by atoms with Gasteiger partial charge in [-0.3, -0.25) is 4.79 Å². The van der Waals surface area contributed by atoms with E-state index >= 15 is 0 Å². The highest BCUT2D eigenvalue weighted by Gasteiger charge is 2.30. The molecular weight excluding hydrogens is 384 g/mol. The molecule has 1 aliphatic rings. The number of carbonyl (C=O) groups is 1. The summed E-state index contributed by atoms with van der Waals surface area (Å²) in [5.74, 6) is 2.59. The predicted octanol–water partition coefficient (Wildman–Crippen LogP) is 3.90. The van der Waals surface area contributed by atoms with Crippen LogP contribution in [0.5, 0.6) is 5.75 Å². The zero-order chi connectivity index (χ0) is 20.2. The van der Waals surface area contributed by atoms with Gasteiger partial charge in [-0.2, -0.15) is 0 Å². The van der Waals surface area contributed by atoms with Crippen LogP contribution in [0, 0.1) is 0 Å². The largest absolute Gasteiger partial charge is 0.496 e. The van der Waals surface area contributed by atoms with Gasteiger partial charge < -0.3 is 9.64 Å². The third-order valence-electron chi connectivity index (χ3n) is 4.91. The number of methoxy groups -OCH3 is 1. The van der Waals surface area contributed by atoms with E-state index in [1.54, 1.807) is 19.1 Å². The molecule has 0 unspecified atom stereocenters. The molecule has 0 radical (unpaired) electrons. The minimum absolute atomic E-state index is 0.0324. The number of ether oxygens (including phenoxy) is 1. The number of hydrogen-bond acceptors (Lipinski definition) is 5. The molecule has 4 rings (SSSR count). The lowest BCUT2D eigenvalue weighted by Crippen LogP contribution is -2.28. The van der Waals surface area contributed by atoms with Crippen molar-refractivity contribution in [3.05, 3.63) is 66.0 Å². The van der Waals surface area contributed by atoms with Crippen LogP contribution in [-0.4, -0.2) is 45.5 Å². The molecular formula is C22H24N4O2S. The minimum Gasteiger partial charge on any atom is -0.496 e. The Morgan fingerprint density at radius 3 is 2.62 bits per heavy atom. The normalized spacial score (nSPS) is 13.3. The fourth-order valence-electron chi connectivity index (χ4n) is 3.14. The Morgan fingerprint density at radius 2 is 1.90 bits per heavy atom. The third kappa shape index (κ3) is 4.62. The molecule has 1 aromatic heterocycles. The first-order valence-electron chi connectivity index (χ1n) is 9.66. The second-order valence-electron chi connectivity index (χ2n) is 7.12. The summed E-state index contributed by atoms with van der Waals surface area (Å²) in [5, 5.41) is 5.31. The average Bonchev–Trinajstić information content (AvgIpc) is 3.52. The summed E-state index contributed by atoms with van der Waals surface area (Å²) in [6.45, 7) is 0.503. The van der Waals surface area contributed by atoms with E-state index in [9.17, 15) is 4.79 Å². The van der Waals surface area contributed by atoms with Gasteiger partial charge in [-0.05, 0) is 31.0 Å². The summed E-state index contributed by atoms with van der Waals surface area (Å²) < 4.78 is 7.30. The molecule has 1 saturated carbocycles. The molecule has 3 aromatic rings. The number of para-hydroxylation sites is 2. The topological polar surface area (TPSA) is 60.2 Å². The Labute approximate surface area is 174 Å². The highest BCUT2D eigenvalue weighted by atomic mass is 32.2. The van der Waals surface area contributed by atoms with Crippen molar-refractivity contribution in [2.24, 2.45) is 0 Å². The summed E-state index contributed by atoms with van der Waals surface area (Å²) in [5.41, 5.74) is 1.99. The van der Waals surface area contributed by atoms with E-state index in [2.05, 4.69) is 5.10 Å². The predicted molar refractivity (Wildman–Crippen MR) is 114 cm³/mol. The van der Waals surface area contributed by atoms with E-state index < -0.39 is 0 Å². The van der Waals surface area contributed by atoms with Crippen LogP contribution in [0.15, 0.2) is 59.8 Å². The van der Waals surface area contributed by atoms with Crippen molar-refractivity contribution >= 4 is 17.7 Å². The Kier molecular flexibility index (Phi) is 5.85. The molecule has 0 atom stereocenters. The highest BCUT2D eigenvalue weighted by molar-refractivity contribution is 7.99. The van der Waals surface area contributed by atoms with Crippen molar-refractivity contribution in [3.63, 3.8) is 0 Å². The molecule has 2 aromatic carbocycles. The Hall–Kier alpha value is -2.80. The quantitative estimate of drug-likeness (QED) is 0.529. The van der Waals surface area contributed by atoms with Crippen LogP contribution in [0.3, 0.4) is 0 Å². The smallest absolute Gasteiger partial charge is 0.233 e. The van der Waals surface area contributed by atoms with Gasteiger partial charge in [-0.1, -0.05) is 48.2 Å². The zero-order valence-corrected chi connectivity index (χ0v) is 17.4. The molecule has 0 N–H and O–H groups in total. The molecule has 1 heterocycles. The summed E-state index contributed by atoms with van der Waals surface area (Å²) in [6, 6.07) is 17.8. The van der Waals surface area contributed by atoms with E-state index in [0.717, 1.165) is 35.7 Å². The number of amides is 1. The zero-order valence-electron chi connectivity index (χ0n) is 16.6. The van der Waals surface area contributed by atoms with Crippen LogP contribution in [-0.2, 0) is 11.3 Å². The maximum absolute atomic E-state index is 12.6. The second kappa shape index (κ2) is 8.69. The van der Waals surface area contributed by atoms with Crippen molar-refractivity contribution in [1.82, 2.24) is 19.7 Å². The van der Waals surface area contributed by atoms with Gasteiger partial charge in [0, 0.05) is 25.1 Å². The fourth-order valence-corrected chi connectivity index (χ4v) is 3.91. The number of hydrogen-bond donors (Lipinski definition) is 0. The van der Waals surface area contributed by atoms with Gasteiger partial charge in [-0.15, -0.1) is 5.10 Å². The molecule has 1 aliphatic carbocycles. The van der Waals surface area contributed by atoms with E-state index in [1.807, 2.05) is 59.3 Å². The lowest BCUT2D eigenvalue weighted by Gasteiger charge is -2.18. The first-order chi connectivity index (χ1) is 14.2. The number of nitrogens with zero attached hydrogens (tertiary/aromatic N) is 4. The van der Waals surface area contributed by atoms with Crippen molar-refractivity contribution in [3.8, 4) is 11.4 Å². The van der Waals surface area contributed by atoms with Crippen LogP contribution < -0.4 is 4.74 Å². The Morgan fingerprint density at radius 1 is 1.17 bits per heavy atom. The van der Waals surface area contributed by atoms with Gasteiger partial charge in [0.1, 0.15) is 11.6 Å². The summed E-state index contributed by atoms with van der Waals surface area (Å²) in [4.78, 5) is 19.1. The maximum Gasteiger partial charge on any atom is 0.233 e. The molecule has 7 heteroatoms. The van der Waals surface area contributed by atoms with Crippen molar-refractivity contribution in [2.45, 2.75) is 30.5 Å². The number of rotatable bonds is 8. The Bertz CT molecular complexity index is 985. The average molecular weight is 409 g/mol.